The van der Waals surface area contributed by atoms with Crippen molar-refractivity contribution in [3.63, 3.8) is 0 Å². The summed E-state index contributed by atoms with van der Waals surface area (Å²) in [5.41, 5.74) is 7.55. The summed E-state index contributed by atoms with van der Waals surface area (Å²) < 4.78 is 5.38. The summed E-state index contributed by atoms with van der Waals surface area (Å²) in [6, 6.07) is 8.02. The number of rotatable bonds is 4. The summed E-state index contributed by atoms with van der Waals surface area (Å²) in [6.07, 6.45) is 0.644. The van der Waals surface area contributed by atoms with Crippen LogP contribution < -0.4 is 16.0 Å². The van der Waals surface area contributed by atoms with Gasteiger partial charge >= 0.3 is 6.03 Å². The maximum atomic E-state index is 12.4. The molecule has 0 saturated carbocycles. The predicted molar refractivity (Wildman–Crippen MR) is 95.3 cm³/mol. The third-order valence-electron chi connectivity index (χ3n) is 4.99. The zero-order chi connectivity index (χ0) is 17.8. The van der Waals surface area contributed by atoms with Crippen molar-refractivity contribution in [1.29, 1.82) is 0 Å². The van der Waals surface area contributed by atoms with Crippen molar-refractivity contribution in [1.82, 2.24) is 10.2 Å². The molecule has 3 amide bonds. The molecule has 2 heterocycles. The quantitative estimate of drug-likeness (QED) is 0.855. The number of hydrogen-bond acceptors (Lipinski definition) is 4. The van der Waals surface area contributed by atoms with E-state index in [1.165, 1.54) is 5.69 Å². The van der Waals surface area contributed by atoms with Gasteiger partial charge in [-0.15, -0.1) is 0 Å². The van der Waals surface area contributed by atoms with Gasteiger partial charge in [0.1, 0.15) is 0 Å². The van der Waals surface area contributed by atoms with Gasteiger partial charge in [0.05, 0.1) is 25.2 Å². The van der Waals surface area contributed by atoms with Gasteiger partial charge in [-0.05, 0) is 31.0 Å². The van der Waals surface area contributed by atoms with E-state index in [2.05, 4.69) is 22.3 Å². The van der Waals surface area contributed by atoms with E-state index < -0.39 is 0 Å². The highest BCUT2D eigenvalue weighted by molar-refractivity contribution is 5.80. The molecule has 1 aromatic rings. The Morgan fingerprint density at radius 3 is 2.48 bits per heavy atom. The first-order valence-corrected chi connectivity index (χ1v) is 8.82. The SMILES string of the molecule is CC(NC(=O)N1CCC(C(N)=O)C1)c1ccc(N2CCOCC2)cc1. The van der Waals surface area contributed by atoms with Crippen LogP contribution in [0.3, 0.4) is 0 Å². The molecule has 2 saturated heterocycles. The Balaban J connectivity index is 1.55. The highest BCUT2D eigenvalue weighted by atomic mass is 16.5. The number of amides is 3. The van der Waals surface area contributed by atoms with Crippen LogP contribution >= 0.6 is 0 Å². The fourth-order valence-electron chi connectivity index (χ4n) is 3.33. The fraction of sp³-hybridized carbons (Fsp3) is 0.556. The molecule has 7 heteroatoms. The van der Waals surface area contributed by atoms with Gasteiger partial charge in [0.2, 0.25) is 5.91 Å². The molecule has 0 radical (unpaired) electrons. The number of anilines is 1. The fourth-order valence-corrected chi connectivity index (χ4v) is 3.33. The van der Waals surface area contributed by atoms with Gasteiger partial charge in [0.15, 0.2) is 0 Å². The molecule has 2 unspecified atom stereocenters. The zero-order valence-corrected chi connectivity index (χ0v) is 14.6. The van der Waals surface area contributed by atoms with Gasteiger partial charge in [-0.25, -0.2) is 4.79 Å². The van der Waals surface area contributed by atoms with Crippen molar-refractivity contribution in [2.24, 2.45) is 11.7 Å². The molecule has 25 heavy (non-hydrogen) atoms. The minimum atomic E-state index is -0.331. The molecule has 3 N–H and O–H groups in total. The number of primary amides is 1. The highest BCUT2D eigenvalue weighted by Gasteiger charge is 2.30. The van der Waals surface area contributed by atoms with Crippen molar-refractivity contribution in [2.75, 3.05) is 44.3 Å². The van der Waals surface area contributed by atoms with E-state index in [4.69, 9.17) is 10.5 Å². The molecule has 3 rings (SSSR count). The van der Waals surface area contributed by atoms with E-state index in [0.29, 0.717) is 19.5 Å². The molecule has 2 atom stereocenters. The summed E-state index contributed by atoms with van der Waals surface area (Å²) in [7, 11) is 0. The number of likely N-dealkylation sites (tertiary alicyclic amines) is 1. The molecular formula is C18H26N4O3. The number of hydrogen-bond donors (Lipinski definition) is 2. The van der Waals surface area contributed by atoms with Crippen LogP contribution in [0.5, 0.6) is 0 Å². The number of nitrogens with two attached hydrogens (primary N) is 1. The number of benzene rings is 1. The van der Waals surface area contributed by atoms with Crippen LogP contribution in [-0.2, 0) is 9.53 Å². The maximum Gasteiger partial charge on any atom is 0.317 e. The number of carbonyl (C=O) groups is 2. The van der Waals surface area contributed by atoms with Crippen LogP contribution in [0.15, 0.2) is 24.3 Å². The van der Waals surface area contributed by atoms with Gasteiger partial charge in [0.25, 0.3) is 0 Å². The van der Waals surface area contributed by atoms with E-state index in [1.807, 2.05) is 19.1 Å². The topological polar surface area (TPSA) is 87.9 Å². The van der Waals surface area contributed by atoms with Gasteiger partial charge in [-0.2, -0.15) is 0 Å². The third-order valence-corrected chi connectivity index (χ3v) is 4.99. The van der Waals surface area contributed by atoms with Gasteiger partial charge in [-0.1, -0.05) is 12.1 Å². The lowest BCUT2D eigenvalue weighted by molar-refractivity contribution is -0.121. The Labute approximate surface area is 148 Å². The maximum absolute atomic E-state index is 12.4. The number of nitrogens with one attached hydrogen (secondary N) is 1. The van der Waals surface area contributed by atoms with Crippen LogP contribution in [0, 0.1) is 5.92 Å². The van der Waals surface area contributed by atoms with Crippen LogP contribution in [0.4, 0.5) is 10.5 Å². The first-order chi connectivity index (χ1) is 12.0. The molecule has 1 aromatic carbocycles. The number of ether oxygens (including phenoxy) is 1. The monoisotopic (exact) mass is 346 g/mol. The van der Waals surface area contributed by atoms with Crippen LogP contribution in [0.25, 0.3) is 0 Å². The Hall–Kier alpha value is -2.28. The second-order valence-electron chi connectivity index (χ2n) is 6.70. The summed E-state index contributed by atoms with van der Waals surface area (Å²) >= 11 is 0. The number of nitrogens with zero attached hydrogens (tertiary/aromatic N) is 2. The Bertz CT molecular complexity index is 613. The molecule has 136 valence electrons. The van der Waals surface area contributed by atoms with Crippen LogP contribution in [-0.4, -0.2) is 56.2 Å². The average Bonchev–Trinajstić information content (AvgIpc) is 3.13. The zero-order valence-electron chi connectivity index (χ0n) is 14.6. The lowest BCUT2D eigenvalue weighted by Gasteiger charge is -2.29. The third kappa shape index (κ3) is 4.22. The Morgan fingerprint density at radius 2 is 1.88 bits per heavy atom. The van der Waals surface area contributed by atoms with E-state index in [0.717, 1.165) is 31.9 Å². The summed E-state index contributed by atoms with van der Waals surface area (Å²) in [4.78, 5) is 27.5. The van der Waals surface area contributed by atoms with Gasteiger partial charge < -0.3 is 25.6 Å². The number of morpholine rings is 1. The second kappa shape index (κ2) is 7.74. The minimum absolute atomic E-state index is 0.0983. The van der Waals surface area contributed by atoms with E-state index in [-0.39, 0.29) is 23.9 Å². The molecular weight excluding hydrogens is 320 g/mol. The molecule has 2 fully saturated rings. The van der Waals surface area contributed by atoms with Crippen LogP contribution in [0.2, 0.25) is 0 Å². The summed E-state index contributed by atoms with van der Waals surface area (Å²) in [6.45, 7) is 6.27. The molecule has 2 aliphatic heterocycles. The Morgan fingerprint density at radius 1 is 1.20 bits per heavy atom. The average molecular weight is 346 g/mol. The molecule has 7 nitrogen and oxygen atoms in total. The summed E-state index contributed by atoms with van der Waals surface area (Å²) in [5.74, 6) is -0.559. The summed E-state index contributed by atoms with van der Waals surface area (Å²) in [5, 5.41) is 3.00. The molecule has 0 bridgehead atoms. The van der Waals surface area contributed by atoms with Crippen molar-refractivity contribution < 1.29 is 14.3 Å². The smallest absolute Gasteiger partial charge is 0.317 e. The van der Waals surface area contributed by atoms with Crippen molar-refractivity contribution in [3.8, 4) is 0 Å². The predicted octanol–water partition coefficient (Wildman–Crippen LogP) is 1.10. The molecule has 0 spiro atoms. The molecule has 2 aliphatic rings. The number of carbonyl (C=O) groups excluding carboxylic acids is 2. The van der Waals surface area contributed by atoms with Crippen molar-refractivity contribution in [2.45, 2.75) is 19.4 Å². The number of urea groups is 1. The molecule has 0 aliphatic carbocycles. The van der Waals surface area contributed by atoms with E-state index in [1.54, 1.807) is 4.90 Å². The normalized spacial score (nSPS) is 21.9. The van der Waals surface area contributed by atoms with E-state index >= 15 is 0 Å². The van der Waals surface area contributed by atoms with E-state index in [9.17, 15) is 9.59 Å². The van der Waals surface area contributed by atoms with Gasteiger partial charge in [0, 0.05) is 31.9 Å². The van der Waals surface area contributed by atoms with Crippen LogP contribution in [0.1, 0.15) is 24.9 Å². The highest BCUT2D eigenvalue weighted by Crippen LogP contribution is 2.21. The molecule has 0 aromatic heterocycles. The first kappa shape index (κ1) is 17.5. The lowest BCUT2D eigenvalue weighted by atomic mass is 10.1. The first-order valence-electron chi connectivity index (χ1n) is 8.82. The van der Waals surface area contributed by atoms with Gasteiger partial charge in [-0.3, -0.25) is 4.79 Å². The lowest BCUT2D eigenvalue weighted by Crippen LogP contribution is -2.40. The standard InChI is InChI=1S/C18H26N4O3/c1-13(20-18(24)22-7-6-15(12-22)17(19)23)14-2-4-16(5-3-14)21-8-10-25-11-9-21/h2-5,13,15H,6-12H2,1H3,(H2,19,23)(H,20,24). The van der Waals surface area contributed by atoms with Crippen molar-refractivity contribution in [3.05, 3.63) is 29.8 Å². The minimum Gasteiger partial charge on any atom is -0.378 e. The second-order valence-corrected chi connectivity index (χ2v) is 6.70. The van der Waals surface area contributed by atoms with Crippen molar-refractivity contribution >= 4 is 17.6 Å². The Kier molecular flexibility index (Phi) is 5.43. The largest absolute Gasteiger partial charge is 0.378 e.